The van der Waals surface area contributed by atoms with Crippen molar-refractivity contribution in [3.05, 3.63) is 29.8 Å². The van der Waals surface area contributed by atoms with Gasteiger partial charge in [-0.2, -0.15) is 0 Å². The molecule has 0 saturated carbocycles. The van der Waals surface area contributed by atoms with Crippen molar-refractivity contribution >= 4 is 11.6 Å². The Bertz CT molecular complexity index is 401. The molecule has 98 valence electrons. The molecule has 1 aromatic carbocycles. The highest BCUT2D eigenvalue weighted by atomic mass is 16.5. The number of rotatable bonds is 4. The van der Waals surface area contributed by atoms with Crippen LogP contribution >= 0.6 is 0 Å². The van der Waals surface area contributed by atoms with E-state index in [-0.39, 0.29) is 12.0 Å². The standard InChI is InChI=1S/C14H20N2O2/c15-12-5-3-4-11(8-12)9-14(17)16-10-13-6-1-2-7-18-13/h3-5,8,13H,1-2,6-7,9-10,15H2,(H,16,17). The van der Waals surface area contributed by atoms with E-state index in [4.69, 9.17) is 10.5 Å². The minimum absolute atomic E-state index is 0.0229. The summed E-state index contributed by atoms with van der Waals surface area (Å²) in [5, 5.41) is 2.92. The molecule has 1 aliphatic rings. The Morgan fingerprint density at radius 3 is 3.06 bits per heavy atom. The van der Waals surface area contributed by atoms with Crippen LogP contribution in [-0.2, 0) is 16.0 Å². The summed E-state index contributed by atoms with van der Waals surface area (Å²) in [7, 11) is 0. The molecular formula is C14H20N2O2. The molecule has 1 aromatic rings. The monoisotopic (exact) mass is 248 g/mol. The summed E-state index contributed by atoms with van der Waals surface area (Å²) in [6.07, 6.45) is 3.92. The van der Waals surface area contributed by atoms with Crippen LogP contribution in [0.2, 0.25) is 0 Å². The van der Waals surface area contributed by atoms with Crippen molar-refractivity contribution in [3.63, 3.8) is 0 Å². The van der Waals surface area contributed by atoms with Gasteiger partial charge in [-0.05, 0) is 37.0 Å². The van der Waals surface area contributed by atoms with Gasteiger partial charge >= 0.3 is 0 Å². The average Bonchev–Trinajstić information content (AvgIpc) is 2.38. The van der Waals surface area contributed by atoms with Crippen molar-refractivity contribution in [3.8, 4) is 0 Å². The first-order chi connectivity index (χ1) is 8.74. The Balaban J connectivity index is 1.74. The summed E-state index contributed by atoms with van der Waals surface area (Å²) in [6, 6.07) is 7.42. The maximum absolute atomic E-state index is 11.8. The van der Waals surface area contributed by atoms with Gasteiger partial charge in [-0.25, -0.2) is 0 Å². The molecule has 1 fully saturated rings. The van der Waals surface area contributed by atoms with E-state index in [1.54, 1.807) is 0 Å². The number of hydrogen-bond donors (Lipinski definition) is 2. The second-order valence-corrected chi connectivity index (χ2v) is 4.71. The van der Waals surface area contributed by atoms with Gasteiger partial charge in [0.15, 0.2) is 0 Å². The molecule has 0 aromatic heterocycles. The fourth-order valence-corrected chi connectivity index (χ4v) is 2.15. The summed E-state index contributed by atoms with van der Waals surface area (Å²) >= 11 is 0. The summed E-state index contributed by atoms with van der Waals surface area (Å²) in [5.74, 6) is 0.0229. The normalized spacial score (nSPS) is 19.4. The average molecular weight is 248 g/mol. The predicted molar refractivity (Wildman–Crippen MR) is 71.2 cm³/mol. The lowest BCUT2D eigenvalue weighted by Crippen LogP contribution is -2.36. The highest BCUT2D eigenvalue weighted by Gasteiger charge is 2.14. The Morgan fingerprint density at radius 2 is 2.33 bits per heavy atom. The van der Waals surface area contributed by atoms with Gasteiger partial charge in [-0.15, -0.1) is 0 Å². The molecule has 1 atom stereocenters. The summed E-state index contributed by atoms with van der Waals surface area (Å²) < 4.78 is 5.56. The maximum Gasteiger partial charge on any atom is 0.224 e. The summed E-state index contributed by atoms with van der Waals surface area (Å²) in [4.78, 5) is 11.8. The van der Waals surface area contributed by atoms with E-state index >= 15 is 0 Å². The van der Waals surface area contributed by atoms with E-state index in [2.05, 4.69) is 5.32 Å². The fraction of sp³-hybridized carbons (Fsp3) is 0.500. The lowest BCUT2D eigenvalue weighted by Gasteiger charge is -2.22. The molecule has 4 heteroatoms. The van der Waals surface area contributed by atoms with E-state index in [9.17, 15) is 4.79 Å². The van der Waals surface area contributed by atoms with Crippen LogP contribution in [0.3, 0.4) is 0 Å². The van der Waals surface area contributed by atoms with Crippen molar-refractivity contribution in [1.82, 2.24) is 5.32 Å². The van der Waals surface area contributed by atoms with Gasteiger partial charge in [-0.3, -0.25) is 4.79 Å². The third-order valence-electron chi connectivity index (χ3n) is 3.12. The molecular weight excluding hydrogens is 228 g/mol. The summed E-state index contributed by atoms with van der Waals surface area (Å²) in [6.45, 7) is 1.43. The SMILES string of the molecule is Nc1cccc(CC(=O)NCC2CCCCO2)c1. The third kappa shape index (κ3) is 4.04. The van der Waals surface area contributed by atoms with Crippen molar-refractivity contribution < 1.29 is 9.53 Å². The Hall–Kier alpha value is -1.55. The Labute approximate surface area is 108 Å². The van der Waals surface area contributed by atoms with Crippen LogP contribution in [0.4, 0.5) is 5.69 Å². The zero-order valence-electron chi connectivity index (χ0n) is 10.5. The molecule has 3 N–H and O–H groups in total. The highest BCUT2D eigenvalue weighted by molar-refractivity contribution is 5.78. The number of hydrogen-bond acceptors (Lipinski definition) is 3. The number of amides is 1. The van der Waals surface area contributed by atoms with Crippen LogP contribution in [0.25, 0.3) is 0 Å². The smallest absolute Gasteiger partial charge is 0.224 e. The van der Waals surface area contributed by atoms with Crippen LogP contribution in [-0.4, -0.2) is 25.2 Å². The minimum atomic E-state index is 0.0229. The number of benzene rings is 1. The van der Waals surface area contributed by atoms with Gasteiger partial charge < -0.3 is 15.8 Å². The number of carbonyl (C=O) groups excluding carboxylic acids is 1. The molecule has 0 radical (unpaired) electrons. The molecule has 0 aliphatic carbocycles. The minimum Gasteiger partial charge on any atom is -0.399 e. The van der Waals surface area contributed by atoms with Gasteiger partial charge in [0.2, 0.25) is 5.91 Å². The van der Waals surface area contributed by atoms with Gasteiger partial charge in [0, 0.05) is 18.8 Å². The van der Waals surface area contributed by atoms with Crippen molar-refractivity contribution in [2.75, 3.05) is 18.9 Å². The second kappa shape index (κ2) is 6.40. The van der Waals surface area contributed by atoms with E-state index < -0.39 is 0 Å². The lowest BCUT2D eigenvalue weighted by molar-refractivity contribution is -0.121. The first kappa shape index (κ1) is 12.9. The number of nitrogens with two attached hydrogens (primary N) is 1. The number of ether oxygens (including phenoxy) is 1. The van der Waals surface area contributed by atoms with Crippen LogP contribution in [0.1, 0.15) is 24.8 Å². The third-order valence-corrected chi connectivity index (χ3v) is 3.12. The number of nitrogens with one attached hydrogen (secondary N) is 1. The Kier molecular flexibility index (Phi) is 4.59. The molecule has 2 rings (SSSR count). The first-order valence-electron chi connectivity index (χ1n) is 6.47. The van der Waals surface area contributed by atoms with E-state index in [1.165, 1.54) is 6.42 Å². The van der Waals surface area contributed by atoms with Crippen molar-refractivity contribution in [2.24, 2.45) is 0 Å². The fourth-order valence-electron chi connectivity index (χ4n) is 2.15. The van der Waals surface area contributed by atoms with Crippen LogP contribution < -0.4 is 11.1 Å². The molecule has 1 aliphatic heterocycles. The van der Waals surface area contributed by atoms with E-state index in [0.29, 0.717) is 18.7 Å². The molecule has 1 saturated heterocycles. The van der Waals surface area contributed by atoms with Gasteiger partial charge in [0.25, 0.3) is 0 Å². The quantitative estimate of drug-likeness (QED) is 0.794. The molecule has 0 spiro atoms. The van der Waals surface area contributed by atoms with E-state index in [0.717, 1.165) is 25.0 Å². The zero-order valence-corrected chi connectivity index (χ0v) is 10.5. The molecule has 18 heavy (non-hydrogen) atoms. The number of carbonyl (C=O) groups is 1. The number of nitrogen functional groups attached to an aromatic ring is 1. The van der Waals surface area contributed by atoms with Crippen LogP contribution in [0, 0.1) is 0 Å². The first-order valence-corrected chi connectivity index (χ1v) is 6.47. The van der Waals surface area contributed by atoms with E-state index in [1.807, 2.05) is 24.3 Å². The second-order valence-electron chi connectivity index (χ2n) is 4.71. The molecule has 1 heterocycles. The number of anilines is 1. The molecule has 1 amide bonds. The summed E-state index contributed by atoms with van der Waals surface area (Å²) in [5.41, 5.74) is 7.31. The zero-order chi connectivity index (χ0) is 12.8. The predicted octanol–water partition coefficient (Wildman–Crippen LogP) is 1.50. The highest BCUT2D eigenvalue weighted by Crippen LogP contribution is 2.12. The topological polar surface area (TPSA) is 64.4 Å². The van der Waals surface area contributed by atoms with Crippen LogP contribution in [0.5, 0.6) is 0 Å². The van der Waals surface area contributed by atoms with Crippen LogP contribution in [0.15, 0.2) is 24.3 Å². The van der Waals surface area contributed by atoms with Gasteiger partial charge in [0.1, 0.15) is 0 Å². The largest absolute Gasteiger partial charge is 0.399 e. The molecule has 0 bridgehead atoms. The van der Waals surface area contributed by atoms with Crippen molar-refractivity contribution in [1.29, 1.82) is 0 Å². The van der Waals surface area contributed by atoms with Gasteiger partial charge in [-0.1, -0.05) is 12.1 Å². The van der Waals surface area contributed by atoms with Gasteiger partial charge in [0.05, 0.1) is 12.5 Å². The lowest BCUT2D eigenvalue weighted by atomic mass is 10.1. The molecule has 1 unspecified atom stereocenters. The maximum atomic E-state index is 11.8. The molecule has 4 nitrogen and oxygen atoms in total. The Morgan fingerprint density at radius 1 is 1.44 bits per heavy atom. The van der Waals surface area contributed by atoms with Crippen molar-refractivity contribution in [2.45, 2.75) is 31.8 Å².